The normalized spacial score (nSPS) is 45.6. The summed E-state index contributed by atoms with van der Waals surface area (Å²) in [6.45, 7) is 5.85. The lowest BCUT2D eigenvalue weighted by atomic mass is 9.48. The van der Waals surface area contributed by atoms with Crippen molar-refractivity contribution in [1.82, 2.24) is 0 Å². The average molecular weight is 344 g/mol. The van der Waals surface area contributed by atoms with Gasteiger partial charge in [-0.25, -0.2) is 0 Å². The fourth-order valence-corrected chi connectivity index (χ4v) is 6.45. The minimum Gasteiger partial charge on any atom is -0.512 e. The summed E-state index contributed by atoms with van der Waals surface area (Å²) in [5.74, 6) is 1.44. The standard InChI is InChI=1S/C21H28O4/c1-12(22)25-17-11-18(24)21(3)9-7-16-15(19(17)21)5-4-13-10-14(23)6-8-20(13,16)2/h4,10,15-17,19,23H,5-9,11H2,1-3H3/t15-,16+,17+,19-,20+,21-/m1/s1. The van der Waals surface area contributed by atoms with E-state index in [9.17, 15) is 14.7 Å². The van der Waals surface area contributed by atoms with Crippen molar-refractivity contribution in [2.75, 3.05) is 0 Å². The summed E-state index contributed by atoms with van der Waals surface area (Å²) in [6.07, 6.45) is 8.83. The molecule has 136 valence electrons. The molecule has 0 spiro atoms. The van der Waals surface area contributed by atoms with Crippen LogP contribution in [0.15, 0.2) is 23.5 Å². The maximum Gasteiger partial charge on any atom is 0.302 e. The van der Waals surface area contributed by atoms with Gasteiger partial charge in [0.25, 0.3) is 0 Å². The van der Waals surface area contributed by atoms with Crippen molar-refractivity contribution in [3.05, 3.63) is 23.5 Å². The van der Waals surface area contributed by atoms with Gasteiger partial charge in [0.2, 0.25) is 0 Å². The molecule has 4 rings (SSSR count). The Labute approximate surface area is 149 Å². The van der Waals surface area contributed by atoms with Crippen molar-refractivity contribution >= 4 is 11.8 Å². The van der Waals surface area contributed by atoms with Gasteiger partial charge in [-0.2, -0.15) is 0 Å². The second-order valence-electron chi connectivity index (χ2n) is 8.98. The van der Waals surface area contributed by atoms with E-state index in [0.717, 1.165) is 32.1 Å². The quantitative estimate of drug-likeness (QED) is 0.727. The molecule has 0 bridgehead atoms. The smallest absolute Gasteiger partial charge is 0.302 e. The zero-order valence-electron chi connectivity index (χ0n) is 15.4. The van der Waals surface area contributed by atoms with Crippen LogP contribution in [0.4, 0.5) is 0 Å². The van der Waals surface area contributed by atoms with Gasteiger partial charge in [-0.15, -0.1) is 0 Å². The van der Waals surface area contributed by atoms with Crippen molar-refractivity contribution in [2.24, 2.45) is 28.6 Å². The van der Waals surface area contributed by atoms with Crippen LogP contribution in [0.1, 0.15) is 59.3 Å². The number of carbonyl (C=O) groups is 2. The molecule has 0 aromatic heterocycles. The molecule has 4 nitrogen and oxygen atoms in total. The van der Waals surface area contributed by atoms with Crippen molar-refractivity contribution in [1.29, 1.82) is 0 Å². The molecule has 0 heterocycles. The Kier molecular flexibility index (Phi) is 3.68. The molecule has 0 saturated heterocycles. The van der Waals surface area contributed by atoms with Gasteiger partial charge in [-0.1, -0.05) is 19.9 Å². The third-order valence-electron chi connectivity index (χ3n) is 7.74. The first kappa shape index (κ1) is 16.9. The molecule has 1 N–H and O–H groups in total. The van der Waals surface area contributed by atoms with Crippen LogP contribution in [-0.4, -0.2) is 23.0 Å². The first-order valence-corrected chi connectivity index (χ1v) is 9.56. The highest BCUT2D eigenvalue weighted by Gasteiger charge is 2.62. The second kappa shape index (κ2) is 5.46. The van der Waals surface area contributed by atoms with Gasteiger partial charge >= 0.3 is 5.97 Å². The third kappa shape index (κ3) is 2.32. The monoisotopic (exact) mass is 344 g/mol. The Morgan fingerprint density at radius 3 is 2.76 bits per heavy atom. The summed E-state index contributed by atoms with van der Waals surface area (Å²) in [7, 11) is 0. The summed E-state index contributed by atoms with van der Waals surface area (Å²) in [4.78, 5) is 24.3. The predicted molar refractivity (Wildman–Crippen MR) is 93.7 cm³/mol. The lowest BCUT2D eigenvalue weighted by Crippen LogP contribution is -2.51. The van der Waals surface area contributed by atoms with Crippen LogP contribution >= 0.6 is 0 Å². The number of ketones is 1. The zero-order valence-corrected chi connectivity index (χ0v) is 15.4. The summed E-state index contributed by atoms with van der Waals surface area (Å²) in [5.41, 5.74) is 0.966. The van der Waals surface area contributed by atoms with Gasteiger partial charge in [-0.3, -0.25) is 9.59 Å². The Morgan fingerprint density at radius 2 is 2.04 bits per heavy atom. The molecule has 4 heteroatoms. The molecule has 4 aliphatic rings. The number of hydrogen-bond acceptors (Lipinski definition) is 4. The first-order valence-electron chi connectivity index (χ1n) is 9.56. The molecule has 4 aliphatic carbocycles. The van der Waals surface area contributed by atoms with Crippen molar-refractivity contribution in [3.63, 3.8) is 0 Å². The molecule has 0 radical (unpaired) electrons. The van der Waals surface area contributed by atoms with Crippen LogP contribution in [0.5, 0.6) is 0 Å². The van der Waals surface area contributed by atoms with Gasteiger partial charge in [-0.05, 0) is 54.6 Å². The molecular formula is C21H28O4. The number of fused-ring (bicyclic) bond motifs is 5. The Morgan fingerprint density at radius 1 is 1.28 bits per heavy atom. The number of ether oxygens (including phenoxy) is 1. The molecule has 0 unspecified atom stereocenters. The van der Waals surface area contributed by atoms with E-state index in [1.54, 1.807) is 0 Å². The molecular weight excluding hydrogens is 316 g/mol. The van der Waals surface area contributed by atoms with Crippen molar-refractivity contribution < 1.29 is 19.4 Å². The summed E-state index contributed by atoms with van der Waals surface area (Å²) >= 11 is 0. The number of aliphatic hydroxyl groups excluding tert-OH is 1. The molecule has 2 saturated carbocycles. The van der Waals surface area contributed by atoms with Crippen LogP contribution in [0.3, 0.4) is 0 Å². The van der Waals surface area contributed by atoms with E-state index in [1.165, 1.54) is 12.5 Å². The van der Waals surface area contributed by atoms with E-state index < -0.39 is 0 Å². The van der Waals surface area contributed by atoms with E-state index in [1.807, 2.05) is 6.08 Å². The molecule has 0 aromatic rings. The van der Waals surface area contributed by atoms with E-state index >= 15 is 0 Å². The minimum atomic E-state index is -0.352. The van der Waals surface area contributed by atoms with Crippen LogP contribution in [0.25, 0.3) is 0 Å². The predicted octanol–water partition coefficient (Wildman–Crippen LogP) is 4.11. The van der Waals surface area contributed by atoms with Crippen molar-refractivity contribution in [3.8, 4) is 0 Å². The molecule has 2 fully saturated rings. The van der Waals surface area contributed by atoms with Crippen LogP contribution in [-0.2, 0) is 14.3 Å². The molecule has 0 aromatic carbocycles. The maximum absolute atomic E-state index is 12.8. The Hall–Kier alpha value is -1.58. The molecule has 0 aliphatic heterocycles. The van der Waals surface area contributed by atoms with Gasteiger partial charge in [0.1, 0.15) is 11.9 Å². The lowest BCUT2D eigenvalue weighted by molar-refractivity contribution is -0.154. The highest BCUT2D eigenvalue weighted by molar-refractivity contribution is 5.88. The number of allylic oxidation sites excluding steroid dienone is 4. The molecule has 6 atom stereocenters. The van der Waals surface area contributed by atoms with E-state index in [0.29, 0.717) is 24.0 Å². The van der Waals surface area contributed by atoms with Crippen LogP contribution in [0, 0.1) is 28.6 Å². The van der Waals surface area contributed by atoms with Gasteiger partial charge in [0.15, 0.2) is 0 Å². The van der Waals surface area contributed by atoms with Crippen molar-refractivity contribution in [2.45, 2.75) is 65.4 Å². The van der Waals surface area contributed by atoms with Gasteiger partial charge < -0.3 is 9.84 Å². The van der Waals surface area contributed by atoms with Crippen LogP contribution < -0.4 is 0 Å². The number of aliphatic hydroxyl groups is 1. The number of carbonyl (C=O) groups excluding carboxylic acids is 2. The van der Waals surface area contributed by atoms with E-state index in [4.69, 9.17) is 4.74 Å². The number of Topliss-reactive ketones (excluding diaryl/α,β-unsaturated/α-hetero) is 1. The SMILES string of the molecule is CC(=O)O[C@H]1CC(=O)[C@@]2(C)CC[C@H]3[C@@H](CC=C4C=C(O)CC[C@@]43C)[C@H]12. The van der Waals surface area contributed by atoms with E-state index in [-0.39, 0.29) is 34.6 Å². The molecule has 25 heavy (non-hydrogen) atoms. The summed E-state index contributed by atoms with van der Waals surface area (Å²) < 4.78 is 5.62. The summed E-state index contributed by atoms with van der Waals surface area (Å²) in [6, 6.07) is 0. The fraction of sp³-hybridized carbons (Fsp3) is 0.714. The fourth-order valence-electron chi connectivity index (χ4n) is 6.45. The molecule has 0 amide bonds. The summed E-state index contributed by atoms with van der Waals surface area (Å²) in [5, 5.41) is 9.94. The average Bonchev–Trinajstić information content (AvgIpc) is 2.78. The topological polar surface area (TPSA) is 63.6 Å². The highest BCUT2D eigenvalue weighted by atomic mass is 16.5. The van der Waals surface area contributed by atoms with Gasteiger partial charge in [0.05, 0.1) is 5.76 Å². The lowest BCUT2D eigenvalue weighted by Gasteiger charge is -2.56. The first-order chi connectivity index (χ1) is 11.8. The third-order valence-corrected chi connectivity index (χ3v) is 7.74. The second-order valence-corrected chi connectivity index (χ2v) is 8.98. The zero-order chi connectivity index (χ0) is 18.0. The number of esters is 1. The highest BCUT2D eigenvalue weighted by Crippen LogP contribution is 2.63. The number of rotatable bonds is 1. The number of hydrogen-bond donors (Lipinski definition) is 1. The van der Waals surface area contributed by atoms with E-state index in [2.05, 4.69) is 19.9 Å². The Balaban J connectivity index is 1.73. The van der Waals surface area contributed by atoms with Crippen LogP contribution in [0.2, 0.25) is 0 Å². The minimum absolute atomic E-state index is 0.0584. The maximum atomic E-state index is 12.8. The largest absolute Gasteiger partial charge is 0.512 e. The Bertz CT molecular complexity index is 690. The van der Waals surface area contributed by atoms with Gasteiger partial charge in [0, 0.05) is 31.1 Å².